The molecular weight excluding hydrogens is 647 g/mol. The number of hydrogen-bond donors (Lipinski definition) is 9. The number of amides is 4. The molecule has 1 unspecified atom stereocenters. The Bertz CT molecular complexity index is 1330. The number of carboxylic acid groups (broad SMARTS) is 3. The summed E-state index contributed by atoms with van der Waals surface area (Å²) in [5.41, 5.74) is 0.429. The van der Waals surface area contributed by atoms with Crippen molar-refractivity contribution in [3.05, 3.63) is 29.8 Å². The zero-order valence-corrected chi connectivity index (χ0v) is 26.9. The Morgan fingerprint density at radius 1 is 0.809 bits per heavy atom. The molecule has 0 aliphatic rings. The van der Waals surface area contributed by atoms with Crippen LogP contribution in [0.15, 0.2) is 24.3 Å². The topological polar surface area (TPSA) is 295 Å². The SMILES string of the molecule is CCC(C)[C@H](NC(=O)[C@H](CCC(=O)O)NC(=O)[C@H](CCC(=O)O)NC(=O)[C@@H](CC(=O)NC)Cc1ccc(OP(=O)(O)O)cc1)C(=O)O. The second-order valence-electron chi connectivity index (χ2n) is 10.7. The van der Waals surface area contributed by atoms with Crippen molar-refractivity contribution in [1.29, 1.82) is 0 Å². The summed E-state index contributed by atoms with van der Waals surface area (Å²) in [6.45, 7) is 3.26. The number of rotatable bonds is 21. The lowest BCUT2D eigenvalue weighted by Gasteiger charge is -2.26. The summed E-state index contributed by atoms with van der Waals surface area (Å²) in [7, 11) is -3.50. The van der Waals surface area contributed by atoms with E-state index in [0.717, 1.165) is 0 Å². The summed E-state index contributed by atoms with van der Waals surface area (Å²) in [5, 5.41) is 37.3. The molecule has 0 saturated carbocycles. The largest absolute Gasteiger partial charge is 0.524 e. The van der Waals surface area contributed by atoms with Crippen LogP contribution in [0.2, 0.25) is 0 Å². The first kappa shape index (κ1) is 40.5. The fourth-order valence-corrected chi connectivity index (χ4v) is 4.66. The lowest BCUT2D eigenvalue weighted by Crippen LogP contribution is -2.57. The van der Waals surface area contributed by atoms with Crippen LogP contribution in [0.3, 0.4) is 0 Å². The maximum atomic E-state index is 13.4. The van der Waals surface area contributed by atoms with E-state index in [0.29, 0.717) is 12.0 Å². The highest BCUT2D eigenvalue weighted by molar-refractivity contribution is 7.46. The summed E-state index contributed by atoms with van der Waals surface area (Å²) < 4.78 is 15.6. The van der Waals surface area contributed by atoms with E-state index in [9.17, 15) is 48.3 Å². The molecule has 19 heteroatoms. The monoisotopic (exact) mass is 688 g/mol. The predicted octanol–water partition coefficient (Wildman–Crippen LogP) is -0.232. The molecule has 0 bridgehead atoms. The van der Waals surface area contributed by atoms with Gasteiger partial charge < -0.3 is 41.1 Å². The van der Waals surface area contributed by atoms with E-state index in [-0.39, 0.29) is 18.6 Å². The minimum absolute atomic E-state index is 0.113. The fourth-order valence-electron chi connectivity index (χ4n) is 4.26. The number of nitrogens with one attached hydrogen (secondary N) is 4. The average molecular weight is 689 g/mol. The Morgan fingerprint density at radius 3 is 1.72 bits per heavy atom. The van der Waals surface area contributed by atoms with Crippen molar-refractivity contribution < 1.29 is 67.8 Å². The van der Waals surface area contributed by atoms with Crippen LogP contribution in [-0.2, 0) is 44.5 Å². The van der Waals surface area contributed by atoms with Gasteiger partial charge in [0.2, 0.25) is 23.6 Å². The number of aliphatic carboxylic acids is 3. The standard InChI is InChI=1S/C28H41N4O14P/c1-4-15(2)24(28(41)42)32-27(40)20(10-12-23(36)37)31-26(39)19(9-11-22(34)35)30-25(38)17(14-21(33)29-3)13-16-5-7-18(8-6-16)46-47(43,44)45/h5-8,15,17,19-20,24H,4,9-14H2,1-3H3,(H,29,33)(H,30,38)(H,31,39)(H,32,40)(H,34,35)(H,36,37)(H,41,42)(H2,43,44,45)/t15?,17-,19+,20+,24+/m1/s1. The number of phosphoric ester groups is 1. The van der Waals surface area contributed by atoms with Gasteiger partial charge in [-0.1, -0.05) is 32.4 Å². The van der Waals surface area contributed by atoms with Crippen LogP contribution in [-0.4, -0.2) is 91.8 Å². The summed E-state index contributed by atoms with van der Waals surface area (Å²) in [5.74, 6) is -9.30. The van der Waals surface area contributed by atoms with Gasteiger partial charge in [0, 0.05) is 26.3 Å². The first-order valence-corrected chi connectivity index (χ1v) is 16.0. The third kappa shape index (κ3) is 15.5. The molecular formula is C28H41N4O14P. The van der Waals surface area contributed by atoms with Gasteiger partial charge in [0.1, 0.15) is 23.9 Å². The Morgan fingerprint density at radius 2 is 1.30 bits per heavy atom. The molecule has 0 aliphatic heterocycles. The third-order valence-electron chi connectivity index (χ3n) is 7.05. The van der Waals surface area contributed by atoms with Gasteiger partial charge in [-0.2, -0.15) is 0 Å². The maximum Gasteiger partial charge on any atom is 0.524 e. The number of phosphoric acid groups is 1. The smallest absolute Gasteiger partial charge is 0.481 e. The molecule has 0 spiro atoms. The maximum absolute atomic E-state index is 13.4. The molecule has 0 aliphatic carbocycles. The number of hydrogen-bond acceptors (Lipinski definition) is 9. The first-order valence-electron chi connectivity index (χ1n) is 14.5. The van der Waals surface area contributed by atoms with Crippen LogP contribution >= 0.6 is 7.82 Å². The van der Waals surface area contributed by atoms with E-state index in [1.165, 1.54) is 31.3 Å². The molecule has 4 amide bonds. The Kier molecular flexibility index (Phi) is 16.5. The van der Waals surface area contributed by atoms with Crippen LogP contribution in [0, 0.1) is 11.8 Å². The third-order valence-corrected chi connectivity index (χ3v) is 7.50. The minimum Gasteiger partial charge on any atom is -0.481 e. The van der Waals surface area contributed by atoms with E-state index in [1.807, 2.05) is 0 Å². The molecule has 18 nitrogen and oxygen atoms in total. The van der Waals surface area contributed by atoms with Gasteiger partial charge in [-0.3, -0.25) is 38.6 Å². The van der Waals surface area contributed by atoms with Gasteiger partial charge in [-0.15, -0.1) is 0 Å². The normalized spacial score (nSPS) is 14.3. The lowest BCUT2D eigenvalue weighted by molar-refractivity contribution is -0.144. The molecule has 0 saturated heterocycles. The van der Waals surface area contributed by atoms with E-state index < -0.39 is 105 Å². The van der Waals surface area contributed by atoms with Crippen molar-refractivity contribution >= 4 is 49.4 Å². The van der Waals surface area contributed by atoms with Crippen molar-refractivity contribution in [2.75, 3.05) is 7.05 Å². The summed E-state index contributed by atoms with van der Waals surface area (Å²) in [6, 6.07) is 0.731. The number of carbonyl (C=O) groups excluding carboxylic acids is 4. The van der Waals surface area contributed by atoms with Crippen molar-refractivity contribution in [2.45, 2.75) is 76.9 Å². The average Bonchev–Trinajstić information content (AvgIpc) is 2.98. The summed E-state index contributed by atoms with van der Waals surface area (Å²) >= 11 is 0. The molecule has 0 heterocycles. The molecule has 1 aromatic carbocycles. The molecule has 9 N–H and O–H groups in total. The molecule has 0 aromatic heterocycles. The minimum atomic E-state index is -4.83. The van der Waals surface area contributed by atoms with Crippen LogP contribution in [0.1, 0.15) is 57.9 Å². The predicted molar refractivity (Wildman–Crippen MR) is 162 cm³/mol. The van der Waals surface area contributed by atoms with Gasteiger partial charge in [0.25, 0.3) is 0 Å². The van der Waals surface area contributed by atoms with Gasteiger partial charge in [-0.25, -0.2) is 9.36 Å². The Balaban J connectivity index is 3.28. The molecule has 0 radical (unpaired) electrons. The molecule has 1 rings (SSSR count). The van der Waals surface area contributed by atoms with Gasteiger partial charge in [-0.05, 0) is 42.9 Å². The highest BCUT2D eigenvalue weighted by atomic mass is 31.2. The molecule has 47 heavy (non-hydrogen) atoms. The van der Waals surface area contributed by atoms with Crippen LogP contribution in [0.5, 0.6) is 5.75 Å². The fraction of sp³-hybridized carbons (Fsp3) is 0.536. The number of benzene rings is 1. The van der Waals surface area contributed by atoms with E-state index >= 15 is 0 Å². The number of carbonyl (C=O) groups is 7. The van der Waals surface area contributed by atoms with Gasteiger partial charge in [0.15, 0.2) is 0 Å². The second kappa shape index (κ2) is 19.2. The van der Waals surface area contributed by atoms with E-state index in [2.05, 4.69) is 25.8 Å². The molecule has 262 valence electrons. The highest BCUT2D eigenvalue weighted by Crippen LogP contribution is 2.37. The Labute approximate surface area is 269 Å². The van der Waals surface area contributed by atoms with Crippen LogP contribution in [0.25, 0.3) is 0 Å². The van der Waals surface area contributed by atoms with Crippen molar-refractivity contribution in [2.24, 2.45) is 11.8 Å². The van der Waals surface area contributed by atoms with Gasteiger partial charge >= 0.3 is 25.7 Å². The van der Waals surface area contributed by atoms with E-state index in [1.54, 1.807) is 13.8 Å². The van der Waals surface area contributed by atoms with Crippen molar-refractivity contribution in [1.82, 2.24) is 21.3 Å². The van der Waals surface area contributed by atoms with Crippen molar-refractivity contribution in [3.8, 4) is 5.75 Å². The Hall–Kier alpha value is -4.54. The molecule has 5 atom stereocenters. The first-order chi connectivity index (χ1) is 21.9. The summed E-state index contributed by atoms with van der Waals surface area (Å²) in [6.07, 6.45) is -2.26. The molecule has 0 fully saturated rings. The van der Waals surface area contributed by atoms with Crippen molar-refractivity contribution in [3.63, 3.8) is 0 Å². The van der Waals surface area contributed by atoms with E-state index in [4.69, 9.17) is 14.9 Å². The van der Waals surface area contributed by atoms with Gasteiger partial charge in [0.05, 0.1) is 5.92 Å². The summed E-state index contributed by atoms with van der Waals surface area (Å²) in [4.78, 5) is 104. The molecule has 1 aromatic rings. The van der Waals surface area contributed by atoms with Crippen LogP contribution < -0.4 is 25.8 Å². The zero-order valence-electron chi connectivity index (χ0n) is 26.0. The van der Waals surface area contributed by atoms with Crippen LogP contribution in [0.4, 0.5) is 0 Å². The number of carboxylic acids is 3. The highest BCUT2D eigenvalue weighted by Gasteiger charge is 2.33. The zero-order chi connectivity index (χ0) is 35.9. The quantitative estimate of drug-likeness (QED) is 0.0754. The lowest BCUT2D eigenvalue weighted by atomic mass is 9.94. The second-order valence-corrected chi connectivity index (χ2v) is 11.9.